The minimum absolute atomic E-state index is 0.492. The summed E-state index contributed by atoms with van der Waals surface area (Å²) in [5, 5.41) is 4.68. The van der Waals surface area contributed by atoms with Gasteiger partial charge in [-0.15, -0.1) is 11.3 Å². The molecule has 0 amide bonds. The molecule has 4 aromatic heterocycles. The fraction of sp³-hybridized carbons (Fsp3) is 0.0952. The summed E-state index contributed by atoms with van der Waals surface area (Å²) in [6.45, 7) is 0. The summed E-state index contributed by atoms with van der Waals surface area (Å²) >= 11 is 1.51. The zero-order valence-electron chi connectivity index (χ0n) is 14.3. The number of nitrogens with zero attached hydrogens (tertiary/aromatic N) is 3. The molecule has 5 aromatic rings. The first-order valence-corrected chi connectivity index (χ1v) is 9.63. The number of nitrogens with two attached hydrogens (primary N) is 1. The topological polar surface area (TPSA) is 77.8 Å². The van der Waals surface area contributed by atoms with Crippen molar-refractivity contribution in [3.63, 3.8) is 0 Å². The van der Waals surface area contributed by atoms with E-state index in [1.165, 1.54) is 28.1 Å². The molecule has 5 nitrogen and oxygen atoms in total. The molecule has 2 N–H and O–H groups in total. The van der Waals surface area contributed by atoms with Crippen molar-refractivity contribution in [2.24, 2.45) is 0 Å². The molecule has 27 heavy (non-hydrogen) atoms. The molecule has 130 valence electrons. The van der Waals surface area contributed by atoms with E-state index >= 15 is 0 Å². The smallest absolute Gasteiger partial charge is 0.153 e. The number of pyridine rings is 1. The molecule has 1 aliphatic carbocycles. The number of thiophene rings is 1. The van der Waals surface area contributed by atoms with Crippen LogP contribution in [-0.4, -0.2) is 15.0 Å². The van der Waals surface area contributed by atoms with Crippen LogP contribution in [0.15, 0.2) is 41.1 Å². The first kappa shape index (κ1) is 14.9. The van der Waals surface area contributed by atoms with Gasteiger partial charge < -0.3 is 10.2 Å². The second-order valence-electron chi connectivity index (χ2n) is 6.66. The molecule has 0 saturated heterocycles. The number of aromatic nitrogens is 3. The SMILES string of the molecule is Nc1ncnc2c1sc1nc(-c3cc4c5c(ccc4o3)=CCCC=5)ccc12. The first-order chi connectivity index (χ1) is 13.3. The number of hydrogen-bond acceptors (Lipinski definition) is 6. The molecule has 0 saturated carbocycles. The third kappa shape index (κ3) is 2.13. The normalized spacial score (nSPS) is 13.6. The van der Waals surface area contributed by atoms with E-state index in [-0.39, 0.29) is 0 Å². The highest BCUT2D eigenvalue weighted by Gasteiger charge is 2.14. The van der Waals surface area contributed by atoms with Gasteiger partial charge in [-0.3, -0.25) is 0 Å². The Morgan fingerprint density at radius 2 is 1.93 bits per heavy atom. The summed E-state index contributed by atoms with van der Waals surface area (Å²) < 4.78 is 7.00. The fourth-order valence-corrected chi connectivity index (χ4v) is 4.79. The highest BCUT2D eigenvalue weighted by atomic mass is 32.1. The molecular weight excluding hydrogens is 356 g/mol. The minimum Gasteiger partial charge on any atom is -0.454 e. The summed E-state index contributed by atoms with van der Waals surface area (Å²) in [5.74, 6) is 1.27. The van der Waals surface area contributed by atoms with Crippen LogP contribution >= 0.6 is 11.3 Å². The van der Waals surface area contributed by atoms with Crippen LogP contribution in [0.4, 0.5) is 5.82 Å². The van der Waals surface area contributed by atoms with Crippen LogP contribution in [0.3, 0.4) is 0 Å². The molecule has 1 aromatic carbocycles. The predicted molar refractivity (Wildman–Crippen MR) is 110 cm³/mol. The van der Waals surface area contributed by atoms with Gasteiger partial charge in [-0.2, -0.15) is 0 Å². The van der Waals surface area contributed by atoms with Crippen LogP contribution in [0.2, 0.25) is 0 Å². The number of benzene rings is 1. The molecule has 0 atom stereocenters. The molecule has 0 bridgehead atoms. The van der Waals surface area contributed by atoms with Crippen molar-refractivity contribution < 1.29 is 4.42 Å². The molecule has 0 fully saturated rings. The second-order valence-corrected chi connectivity index (χ2v) is 7.66. The molecule has 0 radical (unpaired) electrons. The summed E-state index contributed by atoms with van der Waals surface area (Å²) in [6.07, 6.45) is 8.24. The van der Waals surface area contributed by atoms with E-state index in [1.807, 2.05) is 18.2 Å². The number of anilines is 1. The number of furan rings is 1. The molecule has 6 heteroatoms. The van der Waals surface area contributed by atoms with Crippen LogP contribution < -0.4 is 16.2 Å². The predicted octanol–water partition coefficient (Wildman–Crippen LogP) is 3.59. The van der Waals surface area contributed by atoms with Gasteiger partial charge in [-0.25, -0.2) is 15.0 Å². The summed E-state index contributed by atoms with van der Waals surface area (Å²) in [7, 11) is 0. The van der Waals surface area contributed by atoms with E-state index in [9.17, 15) is 0 Å². The molecule has 4 heterocycles. The van der Waals surface area contributed by atoms with Gasteiger partial charge in [0, 0.05) is 10.8 Å². The third-order valence-electron chi connectivity index (χ3n) is 5.05. The Balaban J connectivity index is 1.59. The van der Waals surface area contributed by atoms with Gasteiger partial charge in [-0.1, -0.05) is 18.2 Å². The molecule has 0 spiro atoms. The van der Waals surface area contributed by atoms with E-state index in [0.29, 0.717) is 5.82 Å². The van der Waals surface area contributed by atoms with E-state index < -0.39 is 0 Å². The van der Waals surface area contributed by atoms with E-state index in [0.717, 1.165) is 55.7 Å². The van der Waals surface area contributed by atoms with Gasteiger partial charge in [0.25, 0.3) is 0 Å². The number of rotatable bonds is 1. The van der Waals surface area contributed by atoms with Gasteiger partial charge >= 0.3 is 0 Å². The monoisotopic (exact) mass is 370 g/mol. The van der Waals surface area contributed by atoms with Gasteiger partial charge in [-0.05, 0) is 47.5 Å². The van der Waals surface area contributed by atoms with Crippen molar-refractivity contribution in [2.75, 3.05) is 5.73 Å². The van der Waals surface area contributed by atoms with Crippen molar-refractivity contribution in [1.82, 2.24) is 15.0 Å². The maximum atomic E-state index is 6.12. The Morgan fingerprint density at radius 3 is 2.89 bits per heavy atom. The van der Waals surface area contributed by atoms with Crippen molar-refractivity contribution in [2.45, 2.75) is 12.8 Å². The lowest BCUT2D eigenvalue weighted by Gasteiger charge is -1.99. The lowest BCUT2D eigenvalue weighted by Crippen LogP contribution is -2.26. The van der Waals surface area contributed by atoms with Crippen LogP contribution in [0.25, 0.3) is 55.0 Å². The van der Waals surface area contributed by atoms with Crippen molar-refractivity contribution in [1.29, 1.82) is 0 Å². The minimum atomic E-state index is 0.492. The maximum absolute atomic E-state index is 6.12. The average molecular weight is 370 g/mol. The molecular formula is C21H14N4OS. The van der Waals surface area contributed by atoms with Gasteiger partial charge in [0.1, 0.15) is 28.3 Å². The second kappa shape index (κ2) is 5.37. The zero-order valence-corrected chi connectivity index (χ0v) is 15.1. The first-order valence-electron chi connectivity index (χ1n) is 8.81. The quantitative estimate of drug-likeness (QED) is 0.488. The van der Waals surface area contributed by atoms with E-state index in [2.05, 4.69) is 34.3 Å². The number of hydrogen-bond donors (Lipinski definition) is 1. The average Bonchev–Trinajstić information content (AvgIpc) is 3.30. The zero-order chi connectivity index (χ0) is 18.0. The molecule has 6 rings (SSSR count). The van der Waals surface area contributed by atoms with Crippen molar-refractivity contribution in [3.8, 4) is 11.5 Å². The highest BCUT2D eigenvalue weighted by molar-refractivity contribution is 7.25. The fourth-order valence-electron chi connectivity index (χ4n) is 3.76. The Bertz CT molecular complexity index is 1500. The summed E-state index contributed by atoms with van der Waals surface area (Å²) in [5.41, 5.74) is 8.55. The van der Waals surface area contributed by atoms with Gasteiger partial charge in [0.05, 0.1) is 10.2 Å². The van der Waals surface area contributed by atoms with Gasteiger partial charge in [0.2, 0.25) is 0 Å². The number of nitrogen functional groups attached to an aromatic ring is 1. The van der Waals surface area contributed by atoms with Gasteiger partial charge in [0.15, 0.2) is 5.76 Å². The Hall–Kier alpha value is -3.25. The van der Waals surface area contributed by atoms with E-state index in [4.69, 9.17) is 15.1 Å². The molecule has 1 aliphatic rings. The van der Waals surface area contributed by atoms with Crippen LogP contribution in [-0.2, 0) is 0 Å². The standard InChI is InChI=1S/C21H14N4OS/c22-20-19-18(23-10-24-20)13-6-7-15(25-21(13)27-19)17-9-14-12-4-2-1-3-11(12)5-8-16(14)26-17/h3-10H,1-2H2,(H2,22,23,24). The van der Waals surface area contributed by atoms with Crippen LogP contribution in [0.5, 0.6) is 0 Å². The highest BCUT2D eigenvalue weighted by Crippen LogP contribution is 2.35. The van der Waals surface area contributed by atoms with Crippen LogP contribution in [0, 0.1) is 0 Å². The Morgan fingerprint density at radius 1 is 1.00 bits per heavy atom. The summed E-state index contributed by atoms with van der Waals surface area (Å²) in [4.78, 5) is 14.1. The Kier molecular flexibility index (Phi) is 2.96. The summed E-state index contributed by atoms with van der Waals surface area (Å²) in [6, 6.07) is 10.3. The van der Waals surface area contributed by atoms with Crippen molar-refractivity contribution in [3.05, 3.63) is 47.1 Å². The van der Waals surface area contributed by atoms with Crippen LogP contribution in [0.1, 0.15) is 12.8 Å². The number of fused-ring (bicyclic) bond motifs is 6. The maximum Gasteiger partial charge on any atom is 0.153 e. The lowest BCUT2D eigenvalue weighted by atomic mass is 10.0. The molecule has 0 unspecified atom stereocenters. The van der Waals surface area contributed by atoms with Crippen molar-refractivity contribution >= 4 is 60.7 Å². The molecule has 0 aliphatic heterocycles. The third-order valence-corrected chi connectivity index (χ3v) is 6.16. The Labute approximate surface area is 157 Å². The lowest BCUT2D eigenvalue weighted by molar-refractivity contribution is 0.629. The van der Waals surface area contributed by atoms with E-state index in [1.54, 1.807) is 0 Å². The largest absolute Gasteiger partial charge is 0.454 e.